The molecule has 1 aliphatic rings. The van der Waals surface area contributed by atoms with Crippen LogP contribution in [0.2, 0.25) is 0 Å². The highest BCUT2D eigenvalue weighted by Gasteiger charge is 2.36. The summed E-state index contributed by atoms with van der Waals surface area (Å²) < 4.78 is 44.1. The summed E-state index contributed by atoms with van der Waals surface area (Å²) in [5, 5.41) is 17.0. The number of benzene rings is 3. The Hall–Kier alpha value is -3.76. The van der Waals surface area contributed by atoms with Gasteiger partial charge in [0.15, 0.2) is 9.84 Å². The monoisotopic (exact) mass is 610 g/mol. The van der Waals surface area contributed by atoms with Crippen molar-refractivity contribution in [1.82, 2.24) is 0 Å². The van der Waals surface area contributed by atoms with Crippen LogP contribution in [-0.2, 0) is 32.4 Å². The van der Waals surface area contributed by atoms with Gasteiger partial charge in [-0.2, -0.15) is 0 Å². The van der Waals surface area contributed by atoms with Crippen molar-refractivity contribution in [3.8, 4) is 16.9 Å². The molecule has 1 saturated heterocycles. The van der Waals surface area contributed by atoms with Crippen molar-refractivity contribution in [2.45, 2.75) is 65.5 Å². The molecule has 230 valence electrons. The number of hydrogen-bond donors (Lipinski definition) is 3. The number of amides is 1. The van der Waals surface area contributed by atoms with Gasteiger partial charge in [0.1, 0.15) is 29.6 Å². The number of nitrogens with one attached hydrogen (secondary N) is 2. The van der Waals surface area contributed by atoms with Crippen LogP contribution >= 0.6 is 0 Å². The number of sulfone groups is 1. The minimum atomic E-state index is -3.11. The zero-order chi connectivity index (χ0) is 31.4. The molecule has 0 aromatic heterocycles. The summed E-state index contributed by atoms with van der Waals surface area (Å²) in [6.45, 7) is 7.23. The Morgan fingerprint density at radius 3 is 2.28 bits per heavy atom. The number of aryl methyl sites for hydroxylation is 3. The van der Waals surface area contributed by atoms with E-state index < -0.39 is 15.4 Å². The molecule has 0 unspecified atom stereocenters. The molecule has 1 fully saturated rings. The molecule has 8 nitrogen and oxygen atoms in total. The lowest BCUT2D eigenvalue weighted by Gasteiger charge is -2.31. The molecule has 3 aromatic carbocycles. The van der Waals surface area contributed by atoms with Crippen molar-refractivity contribution in [2.24, 2.45) is 0 Å². The quantitative estimate of drug-likeness (QED) is 0.261. The van der Waals surface area contributed by atoms with Gasteiger partial charge in [-0.15, -0.1) is 0 Å². The first kappa shape index (κ1) is 32.2. The Bertz CT molecular complexity index is 1600. The molecule has 0 saturated carbocycles. The van der Waals surface area contributed by atoms with E-state index in [2.05, 4.69) is 10.6 Å². The molecule has 1 aliphatic heterocycles. The molecular weight excluding hydrogens is 571 g/mol. The maximum atomic E-state index is 14.6. The minimum Gasteiger partial charge on any atom is -0.491 e. The number of carbonyl (C=O) groups is 2. The number of ether oxygens (including phenoxy) is 1. The van der Waals surface area contributed by atoms with Gasteiger partial charge in [-0.3, -0.25) is 4.79 Å². The summed E-state index contributed by atoms with van der Waals surface area (Å²) in [6.07, 6.45) is 0.947. The average Bonchev–Trinajstić information content (AvgIpc) is 2.92. The number of hydrogen-bond acceptors (Lipinski definition) is 7. The Kier molecular flexibility index (Phi) is 9.92. The van der Waals surface area contributed by atoms with Gasteiger partial charge in [0.05, 0.1) is 11.5 Å². The third-order valence-electron chi connectivity index (χ3n) is 7.73. The molecule has 43 heavy (non-hydrogen) atoms. The van der Waals surface area contributed by atoms with Gasteiger partial charge in [-0.05, 0) is 104 Å². The number of anilines is 2. The first-order chi connectivity index (χ1) is 20.2. The van der Waals surface area contributed by atoms with Crippen molar-refractivity contribution < 1.29 is 32.2 Å². The van der Waals surface area contributed by atoms with Crippen molar-refractivity contribution in [2.75, 3.05) is 28.7 Å². The number of halogens is 1. The highest BCUT2D eigenvalue weighted by molar-refractivity contribution is 7.91. The third-order valence-corrected chi connectivity index (χ3v) is 9.38. The van der Waals surface area contributed by atoms with Crippen LogP contribution in [0.1, 0.15) is 55.4 Å². The SMILES string of the molecule is CC(=O)CCc1ccc(NCc2ccc(NC(C)=O)c(-c3c(C)cc(OCC4(O)CCS(=O)(=O)CC4)cc3C)c2)cc1F. The van der Waals surface area contributed by atoms with Crippen LogP contribution in [0, 0.1) is 19.7 Å². The zero-order valence-electron chi connectivity index (χ0n) is 25.1. The van der Waals surface area contributed by atoms with Gasteiger partial charge in [-0.25, -0.2) is 12.8 Å². The molecule has 10 heteroatoms. The highest BCUT2D eigenvalue weighted by Crippen LogP contribution is 2.37. The summed E-state index contributed by atoms with van der Waals surface area (Å²) in [6, 6.07) is 14.4. The number of rotatable bonds is 11. The first-order valence-electron chi connectivity index (χ1n) is 14.3. The summed E-state index contributed by atoms with van der Waals surface area (Å²) in [5.41, 5.74) is 5.02. The molecule has 4 rings (SSSR count). The summed E-state index contributed by atoms with van der Waals surface area (Å²) >= 11 is 0. The van der Waals surface area contributed by atoms with Crippen LogP contribution in [0.5, 0.6) is 5.75 Å². The Labute approximate surface area is 252 Å². The standard InChI is InChI=1S/C33H39FN2O6S/c1-21-15-28(42-20-33(39)11-13-43(40,41)14-12-33)16-22(2)32(21)29-17-25(6-10-31(29)36-24(4)38)19-35-27-9-8-26(30(34)18-27)7-5-23(3)37/h6,8-10,15-18,35,39H,5,7,11-14,19-20H2,1-4H3,(H,36,38). The predicted molar refractivity (Wildman–Crippen MR) is 167 cm³/mol. The molecule has 0 bridgehead atoms. The van der Waals surface area contributed by atoms with Crippen molar-refractivity contribution >= 4 is 32.9 Å². The van der Waals surface area contributed by atoms with Crippen LogP contribution in [0.4, 0.5) is 15.8 Å². The molecule has 0 radical (unpaired) electrons. The van der Waals surface area contributed by atoms with Gasteiger partial charge in [0.2, 0.25) is 5.91 Å². The topological polar surface area (TPSA) is 122 Å². The third kappa shape index (κ3) is 8.64. The van der Waals surface area contributed by atoms with Crippen LogP contribution < -0.4 is 15.4 Å². The lowest BCUT2D eigenvalue weighted by molar-refractivity contribution is -0.117. The largest absolute Gasteiger partial charge is 0.491 e. The Morgan fingerprint density at radius 2 is 1.67 bits per heavy atom. The Morgan fingerprint density at radius 1 is 1.00 bits per heavy atom. The molecule has 0 atom stereocenters. The molecule has 3 aromatic rings. The molecule has 0 spiro atoms. The van der Waals surface area contributed by atoms with E-state index in [-0.39, 0.29) is 48.5 Å². The fraction of sp³-hybridized carbons (Fsp3) is 0.394. The second-order valence-electron chi connectivity index (χ2n) is 11.5. The molecular formula is C33H39FN2O6S. The van der Waals surface area contributed by atoms with Gasteiger partial charge in [0.25, 0.3) is 0 Å². The van der Waals surface area contributed by atoms with E-state index in [1.54, 1.807) is 12.1 Å². The van der Waals surface area contributed by atoms with Gasteiger partial charge >= 0.3 is 0 Å². The van der Waals surface area contributed by atoms with E-state index in [1.165, 1.54) is 19.9 Å². The fourth-order valence-corrected chi connectivity index (χ4v) is 6.88. The molecule has 0 aliphatic carbocycles. The lowest BCUT2D eigenvalue weighted by Crippen LogP contribution is -2.43. The number of Topliss-reactive ketones (excluding diaryl/α,β-unsaturated/α-hetero) is 1. The van der Waals surface area contributed by atoms with E-state index in [0.29, 0.717) is 42.1 Å². The molecule has 1 heterocycles. The van der Waals surface area contributed by atoms with Crippen molar-refractivity contribution in [3.05, 3.63) is 76.6 Å². The second kappa shape index (κ2) is 13.3. The normalized spacial score (nSPS) is 15.5. The summed E-state index contributed by atoms with van der Waals surface area (Å²) in [5.74, 6) is -0.0869. The van der Waals surface area contributed by atoms with Crippen LogP contribution in [-0.4, -0.2) is 48.9 Å². The maximum absolute atomic E-state index is 14.6. The number of aliphatic hydroxyl groups is 1. The zero-order valence-corrected chi connectivity index (χ0v) is 25.9. The summed E-state index contributed by atoms with van der Waals surface area (Å²) in [4.78, 5) is 23.3. The fourth-order valence-electron chi connectivity index (χ4n) is 5.29. The lowest BCUT2D eigenvalue weighted by atomic mass is 9.92. The summed E-state index contributed by atoms with van der Waals surface area (Å²) in [7, 11) is -3.11. The van der Waals surface area contributed by atoms with Gasteiger partial charge < -0.3 is 25.3 Å². The molecule has 1 amide bonds. The number of carbonyl (C=O) groups excluding carboxylic acids is 2. The Balaban J connectivity index is 1.54. The van der Waals surface area contributed by atoms with E-state index in [1.807, 2.05) is 44.2 Å². The predicted octanol–water partition coefficient (Wildman–Crippen LogP) is 5.52. The maximum Gasteiger partial charge on any atom is 0.221 e. The molecule has 3 N–H and O–H groups in total. The van der Waals surface area contributed by atoms with Gasteiger partial charge in [-0.1, -0.05) is 12.1 Å². The van der Waals surface area contributed by atoms with E-state index >= 15 is 0 Å². The van der Waals surface area contributed by atoms with E-state index in [4.69, 9.17) is 4.74 Å². The number of ketones is 1. The van der Waals surface area contributed by atoms with Crippen molar-refractivity contribution in [1.29, 1.82) is 0 Å². The van der Waals surface area contributed by atoms with Crippen molar-refractivity contribution in [3.63, 3.8) is 0 Å². The second-order valence-corrected chi connectivity index (χ2v) is 13.8. The van der Waals surface area contributed by atoms with Crippen LogP contribution in [0.15, 0.2) is 48.5 Å². The van der Waals surface area contributed by atoms with Crippen LogP contribution in [0.25, 0.3) is 11.1 Å². The smallest absolute Gasteiger partial charge is 0.221 e. The van der Waals surface area contributed by atoms with E-state index in [9.17, 15) is 27.5 Å². The average molecular weight is 611 g/mol. The van der Waals surface area contributed by atoms with E-state index in [0.717, 1.165) is 27.8 Å². The first-order valence-corrected chi connectivity index (χ1v) is 16.2. The van der Waals surface area contributed by atoms with Gasteiger partial charge in [0, 0.05) is 36.8 Å². The van der Waals surface area contributed by atoms with Crippen LogP contribution in [0.3, 0.4) is 0 Å². The minimum absolute atomic E-state index is 0.00263. The highest BCUT2D eigenvalue weighted by atomic mass is 32.2.